The van der Waals surface area contributed by atoms with Crippen molar-refractivity contribution in [2.24, 2.45) is 0 Å². The molecule has 5 heteroatoms. The van der Waals surface area contributed by atoms with E-state index >= 15 is 0 Å². The summed E-state index contributed by atoms with van der Waals surface area (Å²) in [6.45, 7) is 0.465. The van der Waals surface area contributed by atoms with Gasteiger partial charge in [-0.05, 0) is 42.0 Å². The summed E-state index contributed by atoms with van der Waals surface area (Å²) < 4.78 is 0. The molecule has 2 N–H and O–H groups in total. The maximum absolute atomic E-state index is 12.1. The Morgan fingerprint density at radius 3 is 2.32 bits per heavy atom. The van der Waals surface area contributed by atoms with Gasteiger partial charge in [0.2, 0.25) is 0 Å². The van der Waals surface area contributed by atoms with Crippen molar-refractivity contribution in [3.05, 3.63) is 89.7 Å². The highest BCUT2D eigenvalue weighted by molar-refractivity contribution is 5.92. The fraction of sp³-hybridized carbons (Fsp3) is 0.0500. The van der Waals surface area contributed by atoms with Gasteiger partial charge in [-0.25, -0.2) is 4.98 Å². The van der Waals surface area contributed by atoms with E-state index in [-0.39, 0.29) is 5.91 Å². The van der Waals surface area contributed by atoms with Crippen LogP contribution in [0.5, 0.6) is 0 Å². The number of hydrogen-bond acceptors (Lipinski definition) is 4. The van der Waals surface area contributed by atoms with Crippen LogP contribution in [0.1, 0.15) is 21.6 Å². The SMILES string of the molecule is N#Cc1ccc(Nc2ccc(C(=O)NCc3ccccc3)nc2)cc1. The Morgan fingerprint density at radius 2 is 1.68 bits per heavy atom. The van der Waals surface area contributed by atoms with Crippen molar-refractivity contribution < 1.29 is 4.79 Å². The largest absolute Gasteiger partial charge is 0.354 e. The Kier molecular flexibility index (Phi) is 5.03. The van der Waals surface area contributed by atoms with Crippen molar-refractivity contribution in [2.45, 2.75) is 6.54 Å². The quantitative estimate of drug-likeness (QED) is 0.750. The van der Waals surface area contributed by atoms with Gasteiger partial charge < -0.3 is 10.6 Å². The number of rotatable bonds is 5. The smallest absolute Gasteiger partial charge is 0.270 e. The molecule has 122 valence electrons. The maximum Gasteiger partial charge on any atom is 0.270 e. The van der Waals surface area contributed by atoms with E-state index in [2.05, 4.69) is 21.7 Å². The van der Waals surface area contributed by atoms with Crippen molar-refractivity contribution in [1.82, 2.24) is 10.3 Å². The van der Waals surface area contributed by atoms with E-state index in [1.54, 1.807) is 30.5 Å². The summed E-state index contributed by atoms with van der Waals surface area (Å²) in [7, 11) is 0. The van der Waals surface area contributed by atoms with Gasteiger partial charge in [0.15, 0.2) is 0 Å². The maximum atomic E-state index is 12.1. The van der Waals surface area contributed by atoms with Gasteiger partial charge in [0, 0.05) is 12.2 Å². The molecule has 25 heavy (non-hydrogen) atoms. The number of nitriles is 1. The summed E-state index contributed by atoms with van der Waals surface area (Å²) in [5.74, 6) is -0.214. The van der Waals surface area contributed by atoms with Crippen LogP contribution in [0.25, 0.3) is 0 Å². The molecule has 0 aliphatic heterocycles. The number of carbonyl (C=O) groups is 1. The molecule has 0 bridgehead atoms. The predicted octanol–water partition coefficient (Wildman–Crippen LogP) is 3.63. The molecule has 1 amide bonds. The lowest BCUT2D eigenvalue weighted by molar-refractivity contribution is 0.0946. The molecule has 0 unspecified atom stereocenters. The van der Waals surface area contributed by atoms with Gasteiger partial charge in [-0.2, -0.15) is 5.26 Å². The Bertz CT molecular complexity index is 882. The number of benzene rings is 2. The summed E-state index contributed by atoms with van der Waals surface area (Å²) in [5.41, 5.74) is 3.62. The third kappa shape index (κ3) is 4.43. The minimum Gasteiger partial charge on any atom is -0.354 e. The third-order valence-electron chi connectivity index (χ3n) is 3.59. The van der Waals surface area contributed by atoms with Gasteiger partial charge in [0.25, 0.3) is 5.91 Å². The normalized spacial score (nSPS) is 9.88. The molecule has 0 saturated carbocycles. The number of nitrogens with zero attached hydrogens (tertiary/aromatic N) is 2. The fourth-order valence-electron chi connectivity index (χ4n) is 2.27. The zero-order valence-electron chi connectivity index (χ0n) is 13.4. The molecule has 0 fully saturated rings. The molecule has 0 radical (unpaired) electrons. The molecule has 1 aromatic heterocycles. The third-order valence-corrected chi connectivity index (χ3v) is 3.59. The van der Waals surface area contributed by atoms with Gasteiger partial charge in [0.1, 0.15) is 5.69 Å². The Labute approximate surface area is 146 Å². The first-order valence-electron chi connectivity index (χ1n) is 7.80. The van der Waals surface area contributed by atoms with Crippen LogP contribution in [0.3, 0.4) is 0 Å². The van der Waals surface area contributed by atoms with Crippen molar-refractivity contribution in [1.29, 1.82) is 5.26 Å². The first-order chi connectivity index (χ1) is 12.2. The number of pyridine rings is 1. The van der Waals surface area contributed by atoms with Crippen LogP contribution in [0.4, 0.5) is 11.4 Å². The lowest BCUT2D eigenvalue weighted by Crippen LogP contribution is -2.23. The lowest BCUT2D eigenvalue weighted by atomic mass is 10.2. The van der Waals surface area contributed by atoms with E-state index in [4.69, 9.17) is 5.26 Å². The highest BCUT2D eigenvalue weighted by Gasteiger charge is 2.07. The molecule has 2 aromatic carbocycles. The molecule has 0 saturated heterocycles. The molecule has 0 aliphatic rings. The van der Waals surface area contributed by atoms with Gasteiger partial charge in [-0.1, -0.05) is 30.3 Å². The number of hydrogen-bond donors (Lipinski definition) is 2. The highest BCUT2D eigenvalue weighted by atomic mass is 16.1. The second-order valence-corrected chi connectivity index (χ2v) is 5.41. The van der Waals surface area contributed by atoms with Crippen LogP contribution in [-0.2, 0) is 6.54 Å². The first kappa shape index (κ1) is 16.2. The zero-order chi connectivity index (χ0) is 17.5. The minimum atomic E-state index is -0.214. The van der Waals surface area contributed by atoms with E-state index in [9.17, 15) is 4.79 Å². The number of amides is 1. The molecule has 5 nitrogen and oxygen atoms in total. The van der Waals surface area contributed by atoms with Crippen molar-refractivity contribution in [3.63, 3.8) is 0 Å². The topological polar surface area (TPSA) is 77.8 Å². The van der Waals surface area contributed by atoms with Crippen LogP contribution in [0.2, 0.25) is 0 Å². The van der Waals surface area contributed by atoms with E-state index in [1.165, 1.54) is 0 Å². The van der Waals surface area contributed by atoms with Crippen molar-refractivity contribution in [2.75, 3.05) is 5.32 Å². The van der Waals surface area contributed by atoms with E-state index < -0.39 is 0 Å². The van der Waals surface area contributed by atoms with Gasteiger partial charge in [-0.3, -0.25) is 4.79 Å². The zero-order valence-corrected chi connectivity index (χ0v) is 13.4. The second kappa shape index (κ2) is 7.75. The number of aromatic nitrogens is 1. The minimum absolute atomic E-state index is 0.214. The molecule has 3 rings (SSSR count). The average molecular weight is 328 g/mol. The highest BCUT2D eigenvalue weighted by Crippen LogP contribution is 2.16. The summed E-state index contributed by atoms with van der Waals surface area (Å²) in [4.78, 5) is 16.3. The van der Waals surface area contributed by atoms with Crippen LogP contribution in [-0.4, -0.2) is 10.9 Å². The van der Waals surface area contributed by atoms with E-state index in [0.717, 1.165) is 16.9 Å². The lowest BCUT2D eigenvalue weighted by Gasteiger charge is -2.08. The molecule has 3 aromatic rings. The standard InChI is InChI=1S/C20H16N4O/c21-12-15-6-8-17(9-7-15)24-18-10-11-19(22-14-18)20(25)23-13-16-4-2-1-3-5-16/h1-11,14,24H,13H2,(H,23,25). The average Bonchev–Trinajstić information content (AvgIpc) is 2.68. The molecule has 0 aliphatic carbocycles. The van der Waals surface area contributed by atoms with Crippen LogP contribution in [0, 0.1) is 11.3 Å². The van der Waals surface area contributed by atoms with Gasteiger partial charge in [0.05, 0.1) is 23.5 Å². The number of nitrogens with one attached hydrogen (secondary N) is 2. The molecule has 0 spiro atoms. The number of carbonyl (C=O) groups excluding carboxylic acids is 1. The number of anilines is 2. The van der Waals surface area contributed by atoms with E-state index in [1.807, 2.05) is 42.5 Å². The fourth-order valence-corrected chi connectivity index (χ4v) is 2.27. The summed E-state index contributed by atoms with van der Waals surface area (Å²) in [6, 6.07) is 22.4. The van der Waals surface area contributed by atoms with Crippen LogP contribution >= 0.6 is 0 Å². The van der Waals surface area contributed by atoms with Crippen molar-refractivity contribution >= 4 is 17.3 Å². The van der Waals surface area contributed by atoms with Crippen molar-refractivity contribution in [3.8, 4) is 6.07 Å². The second-order valence-electron chi connectivity index (χ2n) is 5.41. The monoisotopic (exact) mass is 328 g/mol. The molecule has 0 atom stereocenters. The molecule has 1 heterocycles. The predicted molar refractivity (Wildman–Crippen MR) is 96.3 cm³/mol. The molecular formula is C20H16N4O. The Hall–Kier alpha value is -3.65. The van der Waals surface area contributed by atoms with Crippen LogP contribution in [0.15, 0.2) is 72.9 Å². The van der Waals surface area contributed by atoms with Gasteiger partial charge in [-0.15, -0.1) is 0 Å². The van der Waals surface area contributed by atoms with Crippen LogP contribution < -0.4 is 10.6 Å². The summed E-state index contributed by atoms with van der Waals surface area (Å²) in [5, 5.41) is 14.8. The Balaban J connectivity index is 1.59. The van der Waals surface area contributed by atoms with E-state index in [0.29, 0.717) is 17.8 Å². The first-order valence-corrected chi connectivity index (χ1v) is 7.80. The summed E-state index contributed by atoms with van der Waals surface area (Å²) in [6.07, 6.45) is 1.61. The Morgan fingerprint density at radius 1 is 0.960 bits per heavy atom. The summed E-state index contributed by atoms with van der Waals surface area (Å²) >= 11 is 0. The molecular weight excluding hydrogens is 312 g/mol. The van der Waals surface area contributed by atoms with Gasteiger partial charge >= 0.3 is 0 Å².